The zero-order chi connectivity index (χ0) is 15.4. The van der Waals surface area contributed by atoms with Crippen LogP contribution in [0.4, 0.5) is 4.39 Å². The average molecular weight is 356 g/mol. The fourth-order valence-electron chi connectivity index (χ4n) is 1.85. The van der Waals surface area contributed by atoms with Crippen LogP contribution < -0.4 is 10.1 Å². The molecule has 0 saturated heterocycles. The number of hydrogen-bond donors (Lipinski definition) is 1. The molecule has 0 atom stereocenters. The van der Waals surface area contributed by atoms with Gasteiger partial charge in [0.05, 0.1) is 11.0 Å². The molecule has 3 nitrogen and oxygen atoms in total. The summed E-state index contributed by atoms with van der Waals surface area (Å²) in [5, 5.41) is 3.30. The molecule has 0 aliphatic carbocycles. The maximum absolute atomic E-state index is 13.4. The van der Waals surface area contributed by atoms with Gasteiger partial charge in [0.1, 0.15) is 29.7 Å². The van der Waals surface area contributed by atoms with Gasteiger partial charge in [-0.3, -0.25) is 0 Å². The third kappa shape index (κ3) is 4.58. The molecule has 0 aliphatic heterocycles. The lowest BCUT2D eigenvalue weighted by atomic mass is 10.2. The van der Waals surface area contributed by atoms with Gasteiger partial charge >= 0.3 is 0 Å². The Morgan fingerprint density at radius 1 is 1.33 bits per heavy atom. The highest BCUT2D eigenvalue weighted by atomic mass is 79.9. The monoisotopic (exact) mass is 355 g/mol. The van der Waals surface area contributed by atoms with Crippen LogP contribution in [0.5, 0.6) is 5.75 Å². The SMILES string of the molecule is Cc1oc(CNC(C)C)cc1COc1ccc(Br)c(F)c1. The van der Waals surface area contributed by atoms with Crippen LogP contribution in [0.15, 0.2) is 33.2 Å². The molecular formula is C16H19BrFNO2. The maximum Gasteiger partial charge on any atom is 0.141 e. The third-order valence-corrected chi connectivity index (χ3v) is 3.68. The van der Waals surface area contributed by atoms with Crippen LogP contribution in [0.3, 0.4) is 0 Å². The molecule has 0 bridgehead atoms. The summed E-state index contributed by atoms with van der Waals surface area (Å²) in [5.41, 5.74) is 0.971. The van der Waals surface area contributed by atoms with E-state index in [0.29, 0.717) is 29.4 Å². The molecule has 0 fully saturated rings. The van der Waals surface area contributed by atoms with E-state index in [4.69, 9.17) is 9.15 Å². The van der Waals surface area contributed by atoms with Gasteiger partial charge in [0.2, 0.25) is 0 Å². The molecule has 0 aliphatic rings. The number of halogens is 2. The Morgan fingerprint density at radius 2 is 2.10 bits per heavy atom. The van der Waals surface area contributed by atoms with Crippen LogP contribution in [0, 0.1) is 12.7 Å². The Hall–Kier alpha value is -1.33. The molecule has 2 aromatic rings. The second kappa shape index (κ2) is 7.09. The van der Waals surface area contributed by atoms with Crippen molar-refractivity contribution in [3.63, 3.8) is 0 Å². The zero-order valence-corrected chi connectivity index (χ0v) is 14.0. The van der Waals surface area contributed by atoms with Crippen molar-refractivity contribution in [1.82, 2.24) is 5.32 Å². The first-order valence-corrected chi connectivity index (χ1v) is 7.64. The van der Waals surface area contributed by atoms with E-state index in [-0.39, 0.29) is 5.82 Å². The Labute approximate surface area is 132 Å². The highest BCUT2D eigenvalue weighted by Crippen LogP contribution is 2.23. The van der Waals surface area contributed by atoms with Gasteiger partial charge in [-0.2, -0.15) is 0 Å². The predicted molar refractivity (Wildman–Crippen MR) is 83.9 cm³/mol. The van der Waals surface area contributed by atoms with Crippen LogP contribution in [0.25, 0.3) is 0 Å². The van der Waals surface area contributed by atoms with Gasteiger partial charge in [-0.25, -0.2) is 4.39 Å². The molecule has 21 heavy (non-hydrogen) atoms. The molecule has 1 heterocycles. The lowest BCUT2D eigenvalue weighted by molar-refractivity contribution is 0.301. The van der Waals surface area contributed by atoms with Gasteiger partial charge in [0.15, 0.2) is 0 Å². The quantitative estimate of drug-likeness (QED) is 0.824. The Bertz CT molecular complexity index is 610. The molecule has 114 valence electrons. The van der Waals surface area contributed by atoms with E-state index in [2.05, 4.69) is 35.1 Å². The molecule has 0 amide bonds. The summed E-state index contributed by atoms with van der Waals surface area (Å²) < 4.78 is 25.1. The normalized spacial score (nSPS) is 11.1. The minimum atomic E-state index is -0.335. The Morgan fingerprint density at radius 3 is 2.76 bits per heavy atom. The number of furan rings is 1. The fourth-order valence-corrected chi connectivity index (χ4v) is 2.10. The molecule has 1 aromatic carbocycles. The van der Waals surface area contributed by atoms with Gasteiger partial charge in [0.25, 0.3) is 0 Å². The summed E-state index contributed by atoms with van der Waals surface area (Å²) in [5.74, 6) is 1.87. The summed E-state index contributed by atoms with van der Waals surface area (Å²) in [4.78, 5) is 0. The third-order valence-electron chi connectivity index (χ3n) is 3.04. The van der Waals surface area contributed by atoms with Crippen molar-refractivity contribution in [3.05, 3.63) is 51.6 Å². The van der Waals surface area contributed by atoms with Crippen LogP contribution in [0.2, 0.25) is 0 Å². The smallest absolute Gasteiger partial charge is 0.141 e. The van der Waals surface area contributed by atoms with Crippen LogP contribution in [-0.4, -0.2) is 6.04 Å². The van der Waals surface area contributed by atoms with Crippen LogP contribution in [-0.2, 0) is 13.2 Å². The van der Waals surface area contributed by atoms with Gasteiger partial charge < -0.3 is 14.5 Å². The number of hydrogen-bond acceptors (Lipinski definition) is 3. The number of ether oxygens (including phenoxy) is 1. The first-order chi connectivity index (χ1) is 9.95. The molecule has 1 aromatic heterocycles. The van der Waals surface area contributed by atoms with Crippen molar-refractivity contribution >= 4 is 15.9 Å². The summed E-state index contributed by atoms with van der Waals surface area (Å²) in [6, 6.07) is 7.09. The van der Waals surface area contributed by atoms with Crippen molar-refractivity contribution < 1.29 is 13.5 Å². The Kier molecular flexibility index (Phi) is 5.42. The summed E-state index contributed by atoms with van der Waals surface area (Å²) in [6.45, 7) is 7.12. The van der Waals surface area contributed by atoms with Gasteiger partial charge in [-0.05, 0) is 41.1 Å². The van der Waals surface area contributed by atoms with Crippen molar-refractivity contribution in [2.75, 3.05) is 0 Å². The summed E-state index contributed by atoms with van der Waals surface area (Å²) in [6.07, 6.45) is 0. The highest BCUT2D eigenvalue weighted by molar-refractivity contribution is 9.10. The number of rotatable bonds is 6. The number of aryl methyl sites for hydroxylation is 1. The Balaban J connectivity index is 1.97. The molecule has 0 spiro atoms. The standard InChI is InChI=1S/C16H19BrFNO2/c1-10(2)19-8-14-6-12(11(3)21-14)9-20-13-4-5-15(17)16(18)7-13/h4-7,10,19H,8-9H2,1-3H3. The second-order valence-electron chi connectivity index (χ2n) is 5.19. The zero-order valence-electron chi connectivity index (χ0n) is 12.4. The second-order valence-corrected chi connectivity index (χ2v) is 6.05. The molecule has 1 N–H and O–H groups in total. The molecular weight excluding hydrogens is 337 g/mol. The minimum absolute atomic E-state index is 0.335. The fraction of sp³-hybridized carbons (Fsp3) is 0.375. The van der Waals surface area contributed by atoms with E-state index in [1.54, 1.807) is 12.1 Å². The molecule has 0 unspecified atom stereocenters. The van der Waals surface area contributed by atoms with E-state index in [0.717, 1.165) is 17.1 Å². The van der Waals surface area contributed by atoms with Gasteiger partial charge in [-0.1, -0.05) is 13.8 Å². The van der Waals surface area contributed by atoms with E-state index in [1.807, 2.05) is 13.0 Å². The lowest BCUT2D eigenvalue weighted by Crippen LogP contribution is -2.21. The maximum atomic E-state index is 13.4. The van der Waals surface area contributed by atoms with E-state index in [1.165, 1.54) is 6.07 Å². The first-order valence-electron chi connectivity index (χ1n) is 6.85. The summed E-state index contributed by atoms with van der Waals surface area (Å²) >= 11 is 3.12. The first kappa shape index (κ1) is 16.0. The molecule has 0 radical (unpaired) electrons. The average Bonchev–Trinajstić information content (AvgIpc) is 2.78. The number of nitrogens with one attached hydrogen (secondary N) is 1. The van der Waals surface area contributed by atoms with E-state index in [9.17, 15) is 4.39 Å². The molecule has 0 saturated carbocycles. The van der Waals surface area contributed by atoms with Crippen molar-refractivity contribution in [1.29, 1.82) is 0 Å². The van der Waals surface area contributed by atoms with E-state index >= 15 is 0 Å². The van der Waals surface area contributed by atoms with Crippen LogP contribution in [0.1, 0.15) is 30.9 Å². The van der Waals surface area contributed by atoms with Crippen molar-refractivity contribution in [2.45, 2.75) is 40.0 Å². The minimum Gasteiger partial charge on any atom is -0.489 e. The van der Waals surface area contributed by atoms with Crippen LogP contribution >= 0.6 is 15.9 Å². The largest absolute Gasteiger partial charge is 0.489 e. The molecule has 5 heteroatoms. The summed E-state index contributed by atoms with van der Waals surface area (Å²) in [7, 11) is 0. The van der Waals surface area contributed by atoms with Gasteiger partial charge in [0, 0.05) is 17.7 Å². The number of benzene rings is 1. The van der Waals surface area contributed by atoms with Crippen molar-refractivity contribution in [2.24, 2.45) is 0 Å². The topological polar surface area (TPSA) is 34.4 Å². The highest BCUT2D eigenvalue weighted by Gasteiger charge is 2.09. The van der Waals surface area contributed by atoms with Gasteiger partial charge in [-0.15, -0.1) is 0 Å². The van der Waals surface area contributed by atoms with E-state index < -0.39 is 0 Å². The molecule has 2 rings (SSSR count). The predicted octanol–water partition coefficient (Wildman–Crippen LogP) is 4.57. The lowest BCUT2D eigenvalue weighted by Gasteiger charge is -2.05. The van der Waals surface area contributed by atoms with Crippen molar-refractivity contribution in [3.8, 4) is 5.75 Å².